The van der Waals surface area contributed by atoms with Crippen molar-refractivity contribution < 1.29 is 14.4 Å². The van der Waals surface area contributed by atoms with Crippen molar-refractivity contribution in [1.82, 2.24) is 25.2 Å². The maximum absolute atomic E-state index is 14.0. The summed E-state index contributed by atoms with van der Waals surface area (Å²) in [6.45, 7) is 1.30. The van der Waals surface area contributed by atoms with Gasteiger partial charge in [-0.2, -0.15) is 0 Å². The predicted molar refractivity (Wildman–Crippen MR) is 151 cm³/mol. The lowest BCUT2D eigenvalue weighted by Gasteiger charge is -2.46. The molecule has 1 aromatic heterocycles. The fraction of sp³-hybridized carbons (Fsp3) is 0.452. The molecule has 4 atom stereocenters. The molecule has 5 rings (SSSR count). The van der Waals surface area contributed by atoms with E-state index in [-0.39, 0.29) is 17.9 Å². The maximum Gasteiger partial charge on any atom is 0.263 e. The molecule has 0 radical (unpaired) electrons. The number of amides is 2. The number of imidazole rings is 1. The van der Waals surface area contributed by atoms with Crippen molar-refractivity contribution in [3.05, 3.63) is 78.4 Å². The highest BCUT2D eigenvalue weighted by Gasteiger charge is 2.39. The topological polar surface area (TPSA) is 90.6 Å². The number of nitrogens with one attached hydrogen (secondary N) is 2. The van der Waals surface area contributed by atoms with Gasteiger partial charge < -0.3 is 15.2 Å². The molecular weight excluding hydrogens is 490 g/mol. The molecule has 206 valence electrons. The Hall–Kier alpha value is -3.49. The first-order valence-corrected chi connectivity index (χ1v) is 14.0. The van der Waals surface area contributed by atoms with Crippen LogP contribution >= 0.6 is 0 Å². The molecule has 0 spiro atoms. The second-order valence-electron chi connectivity index (χ2n) is 10.9. The van der Waals surface area contributed by atoms with E-state index in [9.17, 15) is 9.59 Å². The summed E-state index contributed by atoms with van der Waals surface area (Å²) in [6.07, 6.45) is 9.65. The van der Waals surface area contributed by atoms with Gasteiger partial charge in [0.2, 0.25) is 0 Å². The number of carbonyl (C=O) groups excluding carboxylic acids is 2. The van der Waals surface area contributed by atoms with E-state index in [1.165, 1.54) is 37.9 Å². The zero-order valence-electron chi connectivity index (χ0n) is 22.9. The van der Waals surface area contributed by atoms with Crippen LogP contribution < -0.4 is 5.32 Å². The van der Waals surface area contributed by atoms with Gasteiger partial charge in [-0.3, -0.25) is 14.4 Å². The minimum Gasteiger partial charge on any atom is -0.348 e. The summed E-state index contributed by atoms with van der Waals surface area (Å²) in [5.74, 6) is 1.06. The summed E-state index contributed by atoms with van der Waals surface area (Å²) in [6, 6.07) is 17.6. The van der Waals surface area contributed by atoms with Crippen LogP contribution in [0.1, 0.15) is 48.2 Å². The van der Waals surface area contributed by atoms with Crippen molar-refractivity contribution in [3.63, 3.8) is 0 Å². The lowest BCUT2D eigenvalue weighted by molar-refractivity contribution is -0.171. The van der Waals surface area contributed by atoms with Crippen LogP contribution in [-0.2, 0) is 16.1 Å². The molecule has 2 aromatic carbocycles. The molecule has 2 N–H and O–H groups in total. The quantitative estimate of drug-likeness (QED) is 0.403. The zero-order chi connectivity index (χ0) is 27.2. The number of likely N-dealkylation sites (tertiary alicyclic amines) is 1. The average molecular weight is 530 g/mol. The van der Waals surface area contributed by atoms with Crippen LogP contribution in [-0.4, -0.2) is 71.1 Å². The number of H-pyrrole nitrogens is 1. The molecule has 1 aliphatic carbocycles. The van der Waals surface area contributed by atoms with Crippen molar-refractivity contribution in [2.24, 2.45) is 11.8 Å². The number of rotatable bonds is 9. The highest BCUT2D eigenvalue weighted by atomic mass is 16.7. The fourth-order valence-corrected chi connectivity index (χ4v) is 6.23. The van der Waals surface area contributed by atoms with Crippen molar-refractivity contribution in [2.45, 2.75) is 50.6 Å². The first kappa shape index (κ1) is 27.1. The van der Waals surface area contributed by atoms with Gasteiger partial charge in [-0.05, 0) is 47.9 Å². The van der Waals surface area contributed by atoms with E-state index in [2.05, 4.69) is 38.4 Å². The highest BCUT2D eigenvalue weighted by molar-refractivity contribution is 5.95. The Kier molecular flexibility index (Phi) is 8.74. The SMILES string of the molecule is CON(C)C(=O)C(Cc1cnc[nH]1)NC[C@@H]1C[C@H]2CCCC[C@@H]2CN1C(=O)c1cccc(-c2ccccc2)c1. The number of aromatic nitrogens is 2. The Morgan fingerprint density at radius 1 is 1.10 bits per heavy atom. The second kappa shape index (κ2) is 12.6. The van der Waals surface area contributed by atoms with E-state index < -0.39 is 6.04 Å². The molecule has 1 saturated heterocycles. The Labute approximate surface area is 230 Å². The summed E-state index contributed by atoms with van der Waals surface area (Å²) >= 11 is 0. The first-order chi connectivity index (χ1) is 19.0. The molecule has 39 heavy (non-hydrogen) atoms. The maximum atomic E-state index is 14.0. The molecule has 1 unspecified atom stereocenters. The summed E-state index contributed by atoms with van der Waals surface area (Å²) in [4.78, 5) is 41.6. The van der Waals surface area contributed by atoms with Crippen LogP contribution in [0.3, 0.4) is 0 Å². The summed E-state index contributed by atoms with van der Waals surface area (Å²) in [5, 5.41) is 4.75. The Morgan fingerprint density at radius 2 is 1.87 bits per heavy atom. The molecule has 8 nitrogen and oxygen atoms in total. The first-order valence-electron chi connectivity index (χ1n) is 14.0. The lowest BCUT2D eigenvalue weighted by atomic mass is 9.72. The molecule has 1 saturated carbocycles. The van der Waals surface area contributed by atoms with Crippen molar-refractivity contribution in [3.8, 4) is 11.1 Å². The zero-order valence-corrected chi connectivity index (χ0v) is 22.9. The molecule has 2 aliphatic rings. The van der Waals surface area contributed by atoms with E-state index in [0.29, 0.717) is 30.4 Å². The van der Waals surface area contributed by atoms with Crippen LogP contribution in [0.4, 0.5) is 0 Å². The number of aromatic amines is 1. The minimum absolute atomic E-state index is 0.00199. The molecule has 0 bridgehead atoms. The summed E-state index contributed by atoms with van der Waals surface area (Å²) < 4.78 is 0. The van der Waals surface area contributed by atoms with Crippen LogP contribution in [0.15, 0.2) is 67.1 Å². The summed E-state index contributed by atoms with van der Waals surface area (Å²) in [7, 11) is 3.10. The third-order valence-corrected chi connectivity index (χ3v) is 8.45. The molecule has 2 heterocycles. The number of hydroxylamine groups is 2. The van der Waals surface area contributed by atoms with E-state index in [1.807, 2.05) is 36.4 Å². The molecular formula is C31H39N5O3. The van der Waals surface area contributed by atoms with Gasteiger partial charge in [0.25, 0.3) is 11.8 Å². The van der Waals surface area contributed by atoms with Crippen molar-refractivity contribution >= 4 is 11.8 Å². The van der Waals surface area contributed by atoms with Gasteiger partial charge in [-0.25, -0.2) is 10.0 Å². The minimum atomic E-state index is -0.502. The molecule has 2 fully saturated rings. The van der Waals surface area contributed by atoms with E-state index in [1.54, 1.807) is 19.6 Å². The van der Waals surface area contributed by atoms with Crippen LogP contribution in [0.2, 0.25) is 0 Å². The normalized spacial score (nSPS) is 21.7. The number of nitrogens with zero attached hydrogens (tertiary/aromatic N) is 3. The average Bonchev–Trinajstić information content (AvgIpc) is 3.51. The molecule has 1 aliphatic heterocycles. The van der Waals surface area contributed by atoms with Gasteiger partial charge in [0.1, 0.15) is 0 Å². The number of hydrogen-bond donors (Lipinski definition) is 2. The van der Waals surface area contributed by atoms with Crippen LogP contribution in [0.5, 0.6) is 0 Å². The van der Waals surface area contributed by atoms with E-state index in [0.717, 1.165) is 29.8 Å². The van der Waals surface area contributed by atoms with Gasteiger partial charge in [0.05, 0.1) is 19.5 Å². The molecule has 8 heteroatoms. The molecule has 2 amide bonds. The molecule has 3 aromatic rings. The predicted octanol–water partition coefficient (Wildman–Crippen LogP) is 4.32. The Morgan fingerprint density at radius 3 is 2.62 bits per heavy atom. The third-order valence-electron chi connectivity index (χ3n) is 8.45. The van der Waals surface area contributed by atoms with Crippen LogP contribution in [0.25, 0.3) is 11.1 Å². The van der Waals surface area contributed by atoms with Crippen molar-refractivity contribution in [1.29, 1.82) is 0 Å². The highest BCUT2D eigenvalue weighted by Crippen LogP contribution is 2.39. The lowest BCUT2D eigenvalue weighted by Crippen LogP contribution is -2.56. The summed E-state index contributed by atoms with van der Waals surface area (Å²) in [5.41, 5.74) is 3.71. The smallest absolute Gasteiger partial charge is 0.263 e. The van der Waals surface area contributed by atoms with Gasteiger partial charge in [0.15, 0.2) is 0 Å². The number of piperidine rings is 1. The van der Waals surface area contributed by atoms with Gasteiger partial charge in [0, 0.05) is 50.1 Å². The monoisotopic (exact) mass is 529 g/mol. The largest absolute Gasteiger partial charge is 0.348 e. The van der Waals surface area contributed by atoms with Crippen LogP contribution in [0, 0.1) is 11.8 Å². The fourth-order valence-electron chi connectivity index (χ4n) is 6.23. The number of likely N-dealkylation sites (N-methyl/N-ethyl adjacent to an activating group) is 1. The number of benzene rings is 2. The number of fused-ring (bicyclic) bond motifs is 1. The second-order valence-corrected chi connectivity index (χ2v) is 10.9. The Balaban J connectivity index is 1.37. The van der Waals surface area contributed by atoms with E-state index >= 15 is 0 Å². The van der Waals surface area contributed by atoms with Gasteiger partial charge in [-0.1, -0.05) is 61.7 Å². The van der Waals surface area contributed by atoms with Gasteiger partial charge in [-0.15, -0.1) is 0 Å². The van der Waals surface area contributed by atoms with Crippen molar-refractivity contribution in [2.75, 3.05) is 27.2 Å². The van der Waals surface area contributed by atoms with Gasteiger partial charge >= 0.3 is 0 Å². The third kappa shape index (κ3) is 6.40. The Bertz CT molecular complexity index is 1230. The number of hydrogen-bond acceptors (Lipinski definition) is 5. The number of carbonyl (C=O) groups is 2. The standard InChI is InChI=1S/C31H39N5O3/c1-35(39-2)31(38)29(17-27-18-32-21-34-27)33-19-28-16-24-11-6-7-12-26(24)20-36(28)30(37)25-14-8-13-23(15-25)22-9-4-3-5-10-22/h3-5,8-10,13-15,18,21,24,26,28-29,33H,6-7,11-12,16-17,19-20H2,1-2H3,(H,32,34)/t24-,26-,28+,29?/m1/s1. The van der Waals surface area contributed by atoms with E-state index in [4.69, 9.17) is 4.84 Å².